The van der Waals surface area contributed by atoms with Crippen molar-refractivity contribution in [1.82, 2.24) is 19.7 Å². The first kappa shape index (κ1) is 20.0. The number of fused-ring (bicyclic) bond motifs is 2. The molecule has 0 aliphatic carbocycles. The lowest BCUT2D eigenvalue weighted by molar-refractivity contribution is 0.658. The number of rotatable bonds is 3. The van der Waals surface area contributed by atoms with Gasteiger partial charge in [0.1, 0.15) is 5.69 Å². The molecule has 1 aliphatic rings. The van der Waals surface area contributed by atoms with E-state index in [0.29, 0.717) is 0 Å². The van der Waals surface area contributed by atoms with Gasteiger partial charge in [-0.3, -0.25) is 19.8 Å². The predicted molar refractivity (Wildman–Crippen MR) is 112 cm³/mol. The minimum atomic E-state index is 0. The Hall–Kier alpha value is -2.78. The van der Waals surface area contributed by atoms with Gasteiger partial charge in [0, 0.05) is 40.5 Å². The van der Waals surface area contributed by atoms with E-state index >= 15 is 0 Å². The standard InChI is InChI=1S/C20H17N5S.2H2O/c21-26-13-6-7-14-15(8-10-23-17(14)12-13)19-18-5-3-11-25(18)24-20(19)16-4-1-2-9-22-16;;/h1-2,4,6-10,12H,3,5,11,21H2;2*1H2. The second-order valence-electron chi connectivity index (χ2n) is 6.37. The summed E-state index contributed by atoms with van der Waals surface area (Å²) in [5, 5.41) is 11.7. The smallest absolute Gasteiger partial charge is 0.119 e. The molecule has 4 aromatic rings. The van der Waals surface area contributed by atoms with Crippen LogP contribution < -0.4 is 5.14 Å². The van der Waals surface area contributed by atoms with Crippen LogP contribution in [-0.2, 0) is 13.0 Å². The third kappa shape index (κ3) is 3.16. The monoisotopic (exact) mass is 395 g/mol. The molecule has 0 bridgehead atoms. The fourth-order valence-corrected chi connectivity index (χ4v) is 4.04. The summed E-state index contributed by atoms with van der Waals surface area (Å²) in [4.78, 5) is 10.1. The van der Waals surface area contributed by atoms with Crippen LogP contribution in [0.3, 0.4) is 0 Å². The van der Waals surface area contributed by atoms with Gasteiger partial charge in [-0.15, -0.1) is 0 Å². The molecule has 1 aromatic carbocycles. The molecular weight excluding hydrogens is 374 g/mol. The van der Waals surface area contributed by atoms with E-state index in [9.17, 15) is 0 Å². The van der Waals surface area contributed by atoms with Gasteiger partial charge in [-0.1, -0.05) is 12.1 Å². The topological polar surface area (TPSA) is 133 Å². The maximum atomic E-state index is 5.71. The lowest BCUT2D eigenvalue weighted by Gasteiger charge is -2.09. The number of nitrogens with two attached hydrogens (primary N) is 1. The zero-order chi connectivity index (χ0) is 17.5. The number of aromatic nitrogens is 4. The van der Waals surface area contributed by atoms with Crippen LogP contribution in [0.25, 0.3) is 33.4 Å². The number of hydrogen-bond acceptors (Lipinski definition) is 5. The highest BCUT2D eigenvalue weighted by molar-refractivity contribution is 7.97. The lowest BCUT2D eigenvalue weighted by atomic mass is 9.97. The first-order valence-corrected chi connectivity index (χ1v) is 9.50. The van der Waals surface area contributed by atoms with Gasteiger partial charge in [0.05, 0.1) is 11.2 Å². The van der Waals surface area contributed by atoms with Crippen molar-refractivity contribution < 1.29 is 11.0 Å². The zero-order valence-electron chi connectivity index (χ0n) is 15.1. The molecule has 3 aromatic heterocycles. The van der Waals surface area contributed by atoms with Gasteiger partial charge in [0.25, 0.3) is 0 Å². The molecule has 1 aliphatic heterocycles. The van der Waals surface area contributed by atoms with E-state index in [2.05, 4.69) is 26.8 Å². The SMILES string of the molecule is NSc1ccc2c(-c3c(-c4ccccn4)nn4c3CCC4)ccnc2c1.O.O. The summed E-state index contributed by atoms with van der Waals surface area (Å²) in [6, 6.07) is 14.2. The normalized spacial score (nSPS) is 12.3. The Balaban J connectivity index is 0.00000112. The molecule has 7 nitrogen and oxygen atoms in total. The number of nitrogens with zero attached hydrogens (tertiary/aromatic N) is 4. The van der Waals surface area contributed by atoms with E-state index in [1.165, 1.54) is 23.2 Å². The molecular formula is C20H21N5O2S. The van der Waals surface area contributed by atoms with Crippen LogP contribution in [0.2, 0.25) is 0 Å². The number of benzene rings is 1. The summed E-state index contributed by atoms with van der Waals surface area (Å²) in [5.74, 6) is 0. The van der Waals surface area contributed by atoms with E-state index in [1.807, 2.05) is 42.7 Å². The van der Waals surface area contributed by atoms with Crippen LogP contribution in [0, 0.1) is 0 Å². The van der Waals surface area contributed by atoms with Gasteiger partial charge in [-0.2, -0.15) is 5.10 Å². The summed E-state index contributed by atoms with van der Waals surface area (Å²) in [6.45, 7) is 0.964. The molecule has 0 fully saturated rings. The van der Waals surface area contributed by atoms with Crippen molar-refractivity contribution in [2.24, 2.45) is 5.14 Å². The summed E-state index contributed by atoms with van der Waals surface area (Å²) in [5.41, 5.74) is 6.43. The average Bonchev–Trinajstić information content (AvgIpc) is 3.29. The van der Waals surface area contributed by atoms with E-state index < -0.39 is 0 Å². The van der Waals surface area contributed by atoms with Crippen LogP contribution in [0.4, 0.5) is 0 Å². The van der Waals surface area contributed by atoms with Gasteiger partial charge in [-0.05, 0) is 60.7 Å². The first-order chi connectivity index (χ1) is 12.8. The van der Waals surface area contributed by atoms with Crippen LogP contribution in [-0.4, -0.2) is 30.7 Å². The Bertz CT molecular complexity index is 1110. The van der Waals surface area contributed by atoms with E-state index in [4.69, 9.17) is 10.2 Å². The third-order valence-electron chi connectivity index (χ3n) is 4.87. The Morgan fingerprint density at radius 1 is 1.00 bits per heavy atom. The molecule has 5 rings (SSSR count). The lowest BCUT2D eigenvalue weighted by Crippen LogP contribution is -1.94. The fourth-order valence-electron chi connectivity index (χ4n) is 3.72. The molecule has 28 heavy (non-hydrogen) atoms. The van der Waals surface area contributed by atoms with Crippen LogP contribution >= 0.6 is 11.9 Å². The summed E-state index contributed by atoms with van der Waals surface area (Å²) >= 11 is 1.24. The highest BCUT2D eigenvalue weighted by Crippen LogP contribution is 2.39. The average molecular weight is 395 g/mol. The molecule has 6 N–H and O–H groups in total. The Labute approximate surface area is 166 Å². The molecule has 0 saturated carbocycles. The molecule has 4 heterocycles. The second-order valence-corrected chi connectivity index (χ2v) is 7.07. The molecule has 144 valence electrons. The van der Waals surface area contributed by atoms with E-state index in [-0.39, 0.29) is 11.0 Å². The first-order valence-electron chi connectivity index (χ1n) is 8.62. The quantitative estimate of drug-likeness (QED) is 0.532. The van der Waals surface area contributed by atoms with E-state index in [1.54, 1.807) is 0 Å². The van der Waals surface area contributed by atoms with Gasteiger partial charge in [-0.25, -0.2) is 0 Å². The van der Waals surface area contributed by atoms with Crippen molar-refractivity contribution in [3.63, 3.8) is 0 Å². The molecule has 0 spiro atoms. The molecule has 0 atom stereocenters. The highest BCUT2D eigenvalue weighted by Gasteiger charge is 2.25. The van der Waals surface area contributed by atoms with Crippen molar-refractivity contribution in [1.29, 1.82) is 0 Å². The second kappa shape index (κ2) is 8.07. The van der Waals surface area contributed by atoms with Crippen molar-refractivity contribution in [2.75, 3.05) is 0 Å². The van der Waals surface area contributed by atoms with Crippen molar-refractivity contribution >= 4 is 22.9 Å². The van der Waals surface area contributed by atoms with Gasteiger partial charge >= 0.3 is 0 Å². The molecule has 8 heteroatoms. The third-order valence-corrected chi connectivity index (χ3v) is 5.39. The number of pyridine rings is 2. The molecule has 0 unspecified atom stereocenters. The van der Waals surface area contributed by atoms with Gasteiger partial charge in [0.2, 0.25) is 0 Å². The molecule has 0 saturated heterocycles. The Morgan fingerprint density at radius 3 is 2.68 bits per heavy atom. The van der Waals surface area contributed by atoms with Crippen molar-refractivity contribution in [2.45, 2.75) is 24.3 Å². The van der Waals surface area contributed by atoms with Crippen LogP contribution in [0.1, 0.15) is 12.1 Å². The predicted octanol–water partition coefficient (Wildman–Crippen LogP) is 2.42. The van der Waals surface area contributed by atoms with Crippen LogP contribution in [0.5, 0.6) is 0 Å². The molecule has 0 radical (unpaired) electrons. The maximum absolute atomic E-state index is 5.71. The summed E-state index contributed by atoms with van der Waals surface area (Å²) in [7, 11) is 0. The minimum absolute atomic E-state index is 0. The minimum Gasteiger partial charge on any atom is -0.412 e. The van der Waals surface area contributed by atoms with Crippen molar-refractivity contribution in [3.05, 3.63) is 60.6 Å². The number of aryl methyl sites for hydroxylation is 1. The van der Waals surface area contributed by atoms with Crippen LogP contribution in [0.15, 0.2) is 59.8 Å². The summed E-state index contributed by atoms with van der Waals surface area (Å²) in [6.07, 6.45) is 5.85. The maximum Gasteiger partial charge on any atom is 0.119 e. The fraction of sp³-hybridized carbons (Fsp3) is 0.150. The van der Waals surface area contributed by atoms with Gasteiger partial charge in [0.15, 0.2) is 0 Å². The zero-order valence-corrected chi connectivity index (χ0v) is 15.9. The van der Waals surface area contributed by atoms with E-state index in [0.717, 1.165) is 52.1 Å². The number of hydrogen-bond donors (Lipinski definition) is 1. The Kier molecular flexibility index (Phi) is 5.76. The summed E-state index contributed by atoms with van der Waals surface area (Å²) < 4.78 is 2.13. The van der Waals surface area contributed by atoms with Crippen molar-refractivity contribution in [3.8, 4) is 22.5 Å². The molecule has 0 amide bonds. The Morgan fingerprint density at radius 2 is 1.89 bits per heavy atom. The largest absolute Gasteiger partial charge is 0.412 e. The highest BCUT2D eigenvalue weighted by atomic mass is 32.2. The van der Waals surface area contributed by atoms with Gasteiger partial charge < -0.3 is 11.0 Å².